The number of ether oxygens (including phenoxy) is 1. The zero-order valence-electron chi connectivity index (χ0n) is 9.88. The molecule has 1 unspecified atom stereocenters. The van der Waals surface area contributed by atoms with Gasteiger partial charge in [0.05, 0.1) is 0 Å². The van der Waals surface area contributed by atoms with Gasteiger partial charge in [-0.1, -0.05) is 33.1 Å². The fourth-order valence-corrected chi connectivity index (χ4v) is 1.26. The molecule has 3 heteroatoms. The van der Waals surface area contributed by atoms with Gasteiger partial charge in [-0.05, 0) is 12.8 Å². The Labute approximate surface area is 87.4 Å². The molecule has 0 aliphatic rings. The van der Waals surface area contributed by atoms with Gasteiger partial charge in [0.15, 0.2) is 0 Å². The van der Waals surface area contributed by atoms with Gasteiger partial charge in [-0.25, -0.2) is 4.79 Å². The first-order chi connectivity index (χ1) is 6.61. The van der Waals surface area contributed by atoms with Crippen LogP contribution in [0, 0.1) is 0 Å². The van der Waals surface area contributed by atoms with Crippen molar-refractivity contribution in [2.24, 2.45) is 0 Å². The Hall–Kier alpha value is -0.730. The summed E-state index contributed by atoms with van der Waals surface area (Å²) in [6.07, 6.45) is 5.19. The highest BCUT2D eigenvalue weighted by molar-refractivity contribution is 5.66. The van der Waals surface area contributed by atoms with Crippen LogP contribution in [0.4, 0.5) is 4.79 Å². The third-order valence-corrected chi connectivity index (χ3v) is 2.12. The number of rotatable bonds is 6. The number of hydrogen-bond acceptors (Lipinski definition) is 2. The second-order valence-electron chi connectivity index (χ2n) is 3.83. The average molecular weight is 201 g/mol. The SMILES string of the molecule is CCCCC(CCC)OC(=O)N(C)C. The molecule has 3 nitrogen and oxygen atoms in total. The van der Waals surface area contributed by atoms with Crippen LogP contribution in [-0.4, -0.2) is 31.2 Å². The van der Waals surface area contributed by atoms with E-state index in [2.05, 4.69) is 13.8 Å². The number of carbonyl (C=O) groups is 1. The van der Waals surface area contributed by atoms with E-state index >= 15 is 0 Å². The molecule has 0 radical (unpaired) electrons. The van der Waals surface area contributed by atoms with E-state index < -0.39 is 0 Å². The monoisotopic (exact) mass is 201 g/mol. The maximum Gasteiger partial charge on any atom is 0.409 e. The van der Waals surface area contributed by atoms with E-state index in [0.29, 0.717) is 0 Å². The van der Waals surface area contributed by atoms with E-state index in [0.717, 1.165) is 32.1 Å². The molecule has 0 fully saturated rings. The first-order valence-electron chi connectivity index (χ1n) is 5.49. The standard InChI is InChI=1S/C11H23NO2/c1-5-7-9-10(8-6-2)14-11(13)12(3)4/h10H,5-9H2,1-4H3. The lowest BCUT2D eigenvalue weighted by molar-refractivity contribution is 0.0646. The van der Waals surface area contributed by atoms with Crippen LogP contribution in [0.3, 0.4) is 0 Å². The number of hydrogen-bond donors (Lipinski definition) is 0. The molecule has 84 valence electrons. The molecule has 0 bridgehead atoms. The van der Waals surface area contributed by atoms with Gasteiger partial charge in [0, 0.05) is 14.1 Å². The largest absolute Gasteiger partial charge is 0.446 e. The second-order valence-corrected chi connectivity index (χ2v) is 3.83. The molecule has 0 aliphatic carbocycles. The Balaban J connectivity index is 3.88. The highest BCUT2D eigenvalue weighted by Crippen LogP contribution is 2.11. The minimum absolute atomic E-state index is 0.106. The summed E-state index contributed by atoms with van der Waals surface area (Å²) < 4.78 is 5.34. The lowest BCUT2D eigenvalue weighted by Gasteiger charge is -2.19. The third kappa shape index (κ3) is 5.84. The van der Waals surface area contributed by atoms with Gasteiger partial charge in [-0.2, -0.15) is 0 Å². The predicted octanol–water partition coefficient (Wildman–Crippen LogP) is 3.04. The Bertz CT molecular complexity index is 157. The summed E-state index contributed by atoms with van der Waals surface area (Å²) in [4.78, 5) is 12.8. The molecule has 0 saturated carbocycles. The molecule has 0 rings (SSSR count). The second kappa shape index (κ2) is 7.65. The first kappa shape index (κ1) is 13.3. The van der Waals surface area contributed by atoms with Crippen molar-refractivity contribution in [2.75, 3.05) is 14.1 Å². The van der Waals surface area contributed by atoms with E-state index in [4.69, 9.17) is 4.74 Å². The van der Waals surface area contributed by atoms with Crippen molar-refractivity contribution in [1.29, 1.82) is 0 Å². The number of carbonyl (C=O) groups excluding carboxylic acids is 1. The van der Waals surface area contributed by atoms with Crippen molar-refractivity contribution in [2.45, 2.75) is 52.1 Å². The van der Waals surface area contributed by atoms with Crippen molar-refractivity contribution in [1.82, 2.24) is 4.90 Å². The van der Waals surface area contributed by atoms with Crippen LogP contribution in [0.5, 0.6) is 0 Å². The summed E-state index contributed by atoms with van der Waals surface area (Å²) in [7, 11) is 3.43. The minimum atomic E-state index is -0.223. The van der Waals surface area contributed by atoms with Crippen molar-refractivity contribution in [3.63, 3.8) is 0 Å². The average Bonchev–Trinajstić information content (AvgIpc) is 2.14. The molecule has 0 aromatic rings. The van der Waals surface area contributed by atoms with E-state index in [-0.39, 0.29) is 12.2 Å². The maximum absolute atomic E-state index is 11.3. The highest BCUT2D eigenvalue weighted by Gasteiger charge is 2.13. The van der Waals surface area contributed by atoms with E-state index in [1.807, 2.05) is 0 Å². The maximum atomic E-state index is 11.3. The van der Waals surface area contributed by atoms with Gasteiger partial charge in [0.25, 0.3) is 0 Å². The number of unbranched alkanes of at least 4 members (excludes halogenated alkanes) is 1. The van der Waals surface area contributed by atoms with Gasteiger partial charge in [-0.15, -0.1) is 0 Å². The van der Waals surface area contributed by atoms with Gasteiger partial charge >= 0.3 is 6.09 Å². The van der Waals surface area contributed by atoms with Crippen LogP contribution in [0.15, 0.2) is 0 Å². The summed E-state index contributed by atoms with van der Waals surface area (Å²) in [6, 6.07) is 0. The molecule has 14 heavy (non-hydrogen) atoms. The van der Waals surface area contributed by atoms with Crippen LogP contribution in [0.1, 0.15) is 46.0 Å². The summed E-state index contributed by atoms with van der Waals surface area (Å²) in [6.45, 7) is 4.26. The summed E-state index contributed by atoms with van der Waals surface area (Å²) >= 11 is 0. The van der Waals surface area contributed by atoms with Gasteiger partial charge in [-0.3, -0.25) is 0 Å². The van der Waals surface area contributed by atoms with Crippen LogP contribution in [-0.2, 0) is 4.74 Å². The van der Waals surface area contributed by atoms with E-state index in [9.17, 15) is 4.79 Å². The normalized spacial score (nSPS) is 12.3. The van der Waals surface area contributed by atoms with Crippen molar-refractivity contribution >= 4 is 6.09 Å². The van der Waals surface area contributed by atoms with E-state index in [1.54, 1.807) is 14.1 Å². The number of amides is 1. The van der Waals surface area contributed by atoms with Gasteiger partial charge in [0.1, 0.15) is 6.10 Å². The van der Waals surface area contributed by atoms with Crippen molar-refractivity contribution in [3.8, 4) is 0 Å². The minimum Gasteiger partial charge on any atom is -0.446 e. The van der Waals surface area contributed by atoms with Gasteiger partial charge in [0.2, 0.25) is 0 Å². The molecule has 0 aromatic carbocycles. The molecule has 0 heterocycles. The zero-order valence-corrected chi connectivity index (χ0v) is 9.88. The molecule has 0 saturated heterocycles. The summed E-state index contributed by atoms with van der Waals surface area (Å²) in [5.41, 5.74) is 0. The molecule has 1 amide bonds. The molecule has 0 aromatic heterocycles. The lowest BCUT2D eigenvalue weighted by Crippen LogP contribution is -2.28. The first-order valence-corrected chi connectivity index (χ1v) is 5.49. The van der Waals surface area contributed by atoms with Crippen LogP contribution in [0.2, 0.25) is 0 Å². The van der Waals surface area contributed by atoms with Crippen LogP contribution >= 0.6 is 0 Å². The van der Waals surface area contributed by atoms with Crippen molar-refractivity contribution in [3.05, 3.63) is 0 Å². The zero-order chi connectivity index (χ0) is 11.0. The van der Waals surface area contributed by atoms with Crippen LogP contribution < -0.4 is 0 Å². The topological polar surface area (TPSA) is 29.5 Å². The van der Waals surface area contributed by atoms with E-state index in [1.165, 1.54) is 4.90 Å². The van der Waals surface area contributed by atoms with Crippen molar-refractivity contribution < 1.29 is 9.53 Å². The van der Waals surface area contributed by atoms with Gasteiger partial charge < -0.3 is 9.64 Å². The molecular weight excluding hydrogens is 178 g/mol. The third-order valence-electron chi connectivity index (χ3n) is 2.12. The summed E-state index contributed by atoms with van der Waals surface area (Å²) in [5, 5.41) is 0. The predicted molar refractivity (Wildman–Crippen MR) is 58.4 cm³/mol. The van der Waals surface area contributed by atoms with Crippen LogP contribution in [0.25, 0.3) is 0 Å². The molecule has 1 atom stereocenters. The quantitative estimate of drug-likeness (QED) is 0.661. The molecule has 0 spiro atoms. The fourth-order valence-electron chi connectivity index (χ4n) is 1.26. The molecular formula is C11H23NO2. The Kier molecular flexibility index (Phi) is 7.25. The lowest BCUT2D eigenvalue weighted by atomic mass is 10.1. The molecule has 0 N–H and O–H groups in total. The summed E-state index contributed by atoms with van der Waals surface area (Å²) in [5.74, 6) is 0. The number of nitrogens with zero attached hydrogens (tertiary/aromatic N) is 1. The highest BCUT2D eigenvalue weighted by atomic mass is 16.6. The Morgan fingerprint density at radius 3 is 2.29 bits per heavy atom. The Morgan fingerprint density at radius 1 is 1.21 bits per heavy atom. The Morgan fingerprint density at radius 2 is 1.86 bits per heavy atom. The fraction of sp³-hybridized carbons (Fsp3) is 0.909. The smallest absolute Gasteiger partial charge is 0.409 e. The molecule has 0 aliphatic heterocycles.